The number of aromatic nitrogens is 2. The normalized spacial score (nSPS) is 11.6. The number of rotatable bonds is 12. The zero-order valence-corrected chi connectivity index (χ0v) is 22.3. The number of benzene rings is 3. The lowest BCUT2D eigenvalue weighted by Gasteiger charge is -2.18. The van der Waals surface area contributed by atoms with Crippen LogP contribution < -0.4 is 29.0 Å². The van der Waals surface area contributed by atoms with Gasteiger partial charge < -0.3 is 33.6 Å². The molecular formula is C29H33N3O6. The molecule has 1 unspecified atom stereocenters. The van der Waals surface area contributed by atoms with Crippen LogP contribution in [-0.2, 0) is 6.54 Å². The van der Waals surface area contributed by atoms with E-state index in [0.29, 0.717) is 36.0 Å². The van der Waals surface area contributed by atoms with E-state index in [9.17, 15) is 4.79 Å². The molecule has 4 rings (SSSR count). The zero-order valence-electron chi connectivity index (χ0n) is 22.3. The number of para-hydroxylation sites is 2. The molecule has 0 aliphatic rings. The zero-order chi connectivity index (χ0) is 27.1. The quantitative estimate of drug-likeness (QED) is 0.262. The highest BCUT2D eigenvalue weighted by Crippen LogP contribution is 2.38. The van der Waals surface area contributed by atoms with Gasteiger partial charge in [-0.15, -0.1) is 0 Å². The van der Waals surface area contributed by atoms with Crippen LogP contribution in [-0.4, -0.2) is 50.5 Å². The van der Waals surface area contributed by atoms with Gasteiger partial charge in [-0.25, -0.2) is 4.98 Å². The fourth-order valence-corrected chi connectivity index (χ4v) is 4.30. The van der Waals surface area contributed by atoms with Crippen molar-refractivity contribution in [2.45, 2.75) is 25.9 Å². The van der Waals surface area contributed by atoms with Crippen LogP contribution in [0.1, 0.15) is 35.6 Å². The number of amides is 1. The van der Waals surface area contributed by atoms with Gasteiger partial charge in [-0.05, 0) is 61.9 Å². The second-order valence-electron chi connectivity index (χ2n) is 8.60. The Hall–Kier alpha value is -4.40. The molecule has 4 aromatic rings. The van der Waals surface area contributed by atoms with Crippen molar-refractivity contribution >= 4 is 16.9 Å². The maximum atomic E-state index is 13.2. The molecular weight excluding hydrogens is 486 g/mol. The summed E-state index contributed by atoms with van der Waals surface area (Å²) < 4.78 is 29.4. The number of carbonyl (C=O) groups excluding carboxylic acids is 1. The van der Waals surface area contributed by atoms with Crippen LogP contribution in [0, 0.1) is 0 Å². The van der Waals surface area contributed by atoms with Crippen LogP contribution in [0.5, 0.6) is 28.7 Å². The summed E-state index contributed by atoms with van der Waals surface area (Å²) in [5.74, 6) is 3.30. The maximum Gasteiger partial charge on any atom is 0.252 e. The van der Waals surface area contributed by atoms with Crippen molar-refractivity contribution in [2.75, 3.05) is 35.0 Å². The molecule has 0 bridgehead atoms. The van der Waals surface area contributed by atoms with E-state index in [1.165, 1.54) is 21.3 Å². The number of imidazole rings is 1. The van der Waals surface area contributed by atoms with Gasteiger partial charge in [0.2, 0.25) is 5.75 Å². The number of fused-ring (bicyclic) bond motifs is 1. The third-order valence-corrected chi connectivity index (χ3v) is 6.20. The van der Waals surface area contributed by atoms with Crippen molar-refractivity contribution in [3.63, 3.8) is 0 Å². The van der Waals surface area contributed by atoms with E-state index in [4.69, 9.17) is 28.7 Å². The predicted molar refractivity (Wildman–Crippen MR) is 145 cm³/mol. The average molecular weight is 520 g/mol. The van der Waals surface area contributed by atoms with Crippen LogP contribution in [0.15, 0.2) is 60.7 Å². The number of hydrogen-bond donors (Lipinski definition) is 1. The average Bonchev–Trinajstić information content (AvgIpc) is 3.33. The topological polar surface area (TPSA) is 93.1 Å². The Morgan fingerprint density at radius 2 is 1.55 bits per heavy atom. The van der Waals surface area contributed by atoms with Gasteiger partial charge in [-0.1, -0.05) is 12.1 Å². The number of carbonyl (C=O) groups is 1. The highest BCUT2D eigenvalue weighted by Gasteiger charge is 2.22. The molecule has 0 spiro atoms. The van der Waals surface area contributed by atoms with Crippen molar-refractivity contribution in [3.8, 4) is 28.7 Å². The smallest absolute Gasteiger partial charge is 0.252 e. The van der Waals surface area contributed by atoms with Crippen LogP contribution in [0.2, 0.25) is 0 Å². The Labute approximate surface area is 222 Å². The standard InChI is InChI=1S/C29H33N3O6/c1-19(30-29(33)20-17-25(35-3)27(37-5)26(18-20)36-4)28-31-23-9-6-7-10-24(23)32(28)15-8-16-38-22-13-11-21(34-2)12-14-22/h6-7,9-14,17-19H,8,15-16H2,1-5H3,(H,30,33). The minimum Gasteiger partial charge on any atom is -0.497 e. The Bertz CT molecular complexity index is 1360. The Morgan fingerprint density at radius 1 is 0.895 bits per heavy atom. The van der Waals surface area contributed by atoms with Gasteiger partial charge in [0.25, 0.3) is 5.91 Å². The molecule has 9 heteroatoms. The van der Waals surface area contributed by atoms with Crippen molar-refractivity contribution < 1.29 is 28.5 Å². The van der Waals surface area contributed by atoms with Gasteiger partial charge in [0, 0.05) is 12.1 Å². The fourth-order valence-electron chi connectivity index (χ4n) is 4.30. The van der Waals surface area contributed by atoms with Gasteiger partial charge in [0.05, 0.1) is 52.1 Å². The van der Waals surface area contributed by atoms with Crippen LogP contribution >= 0.6 is 0 Å². The minimum absolute atomic E-state index is 0.279. The fraction of sp³-hybridized carbons (Fsp3) is 0.310. The second-order valence-corrected chi connectivity index (χ2v) is 8.60. The van der Waals surface area contributed by atoms with Gasteiger partial charge in [-0.2, -0.15) is 0 Å². The molecule has 9 nitrogen and oxygen atoms in total. The second kappa shape index (κ2) is 12.2. The highest BCUT2D eigenvalue weighted by molar-refractivity contribution is 5.96. The molecule has 200 valence electrons. The number of hydrogen-bond acceptors (Lipinski definition) is 7. The molecule has 0 radical (unpaired) electrons. The van der Waals surface area contributed by atoms with E-state index in [2.05, 4.69) is 9.88 Å². The summed E-state index contributed by atoms with van der Waals surface area (Å²) in [7, 11) is 6.19. The molecule has 1 N–H and O–H groups in total. The Kier molecular flexibility index (Phi) is 8.58. The summed E-state index contributed by atoms with van der Waals surface area (Å²) >= 11 is 0. The summed E-state index contributed by atoms with van der Waals surface area (Å²) in [6.07, 6.45) is 0.757. The lowest BCUT2D eigenvalue weighted by Crippen LogP contribution is -2.29. The molecule has 0 aliphatic carbocycles. The SMILES string of the molecule is COc1ccc(OCCCn2c(C(C)NC(=O)c3cc(OC)c(OC)c(OC)c3)nc3ccccc32)cc1. The first-order valence-electron chi connectivity index (χ1n) is 12.3. The van der Waals surface area contributed by atoms with Gasteiger partial charge in [-0.3, -0.25) is 4.79 Å². The van der Waals surface area contributed by atoms with Gasteiger partial charge in [0.15, 0.2) is 11.5 Å². The van der Waals surface area contributed by atoms with E-state index in [-0.39, 0.29) is 11.9 Å². The molecule has 0 aliphatic heterocycles. The molecule has 38 heavy (non-hydrogen) atoms. The third-order valence-electron chi connectivity index (χ3n) is 6.20. The summed E-state index contributed by atoms with van der Waals surface area (Å²) in [5.41, 5.74) is 2.26. The van der Waals surface area contributed by atoms with Gasteiger partial charge in [0.1, 0.15) is 17.3 Å². The molecule has 1 atom stereocenters. The molecule has 0 saturated heterocycles. The van der Waals surface area contributed by atoms with Crippen molar-refractivity contribution in [1.82, 2.24) is 14.9 Å². The largest absolute Gasteiger partial charge is 0.497 e. The van der Waals surface area contributed by atoms with E-state index < -0.39 is 0 Å². The summed E-state index contributed by atoms with van der Waals surface area (Å²) in [5, 5.41) is 3.06. The predicted octanol–water partition coefficient (Wildman–Crippen LogP) is 5.03. The number of methoxy groups -OCH3 is 4. The first-order valence-corrected chi connectivity index (χ1v) is 12.3. The summed E-state index contributed by atoms with van der Waals surface area (Å²) in [4.78, 5) is 18.1. The van der Waals surface area contributed by atoms with Gasteiger partial charge >= 0.3 is 0 Å². The summed E-state index contributed by atoms with van der Waals surface area (Å²) in [6.45, 7) is 3.13. The van der Waals surface area contributed by atoms with Crippen LogP contribution in [0.3, 0.4) is 0 Å². The lowest BCUT2D eigenvalue weighted by atomic mass is 10.1. The number of aryl methyl sites for hydroxylation is 1. The minimum atomic E-state index is -0.364. The lowest BCUT2D eigenvalue weighted by molar-refractivity contribution is 0.0936. The van der Waals surface area contributed by atoms with Crippen molar-refractivity contribution in [2.24, 2.45) is 0 Å². The molecule has 3 aromatic carbocycles. The first kappa shape index (κ1) is 26.7. The number of nitrogens with one attached hydrogen (secondary N) is 1. The Morgan fingerprint density at radius 3 is 2.18 bits per heavy atom. The van der Waals surface area contributed by atoms with E-state index in [0.717, 1.165) is 34.8 Å². The van der Waals surface area contributed by atoms with Crippen LogP contribution in [0.25, 0.3) is 11.0 Å². The molecule has 1 amide bonds. The third kappa shape index (κ3) is 5.77. The molecule has 1 aromatic heterocycles. The summed E-state index contributed by atoms with van der Waals surface area (Å²) in [6, 6.07) is 18.3. The highest BCUT2D eigenvalue weighted by atomic mass is 16.5. The first-order chi connectivity index (χ1) is 18.5. The van der Waals surface area contributed by atoms with E-state index >= 15 is 0 Å². The monoisotopic (exact) mass is 519 g/mol. The number of nitrogens with zero attached hydrogens (tertiary/aromatic N) is 2. The molecule has 0 saturated carbocycles. The van der Waals surface area contributed by atoms with E-state index in [1.54, 1.807) is 19.2 Å². The van der Waals surface area contributed by atoms with Crippen LogP contribution in [0.4, 0.5) is 0 Å². The Balaban J connectivity index is 1.50. The number of ether oxygens (including phenoxy) is 5. The molecule has 0 fully saturated rings. The van der Waals surface area contributed by atoms with Crippen molar-refractivity contribution in [1.29, 1.82) is 0 Å². The maximum absolute atomic E-state index is 13.2. The van der Waals surface area contributed by atoms with E-state index in [1.807, 2.05) is 55.5 Å². The molecule has 1 heterocycles. The van der Waals surface area contributed by atoms with Crippen molar-refractivity contribution in [3.05, 3.63) is 72.1 Å².